The second-order valence-corrected chi connectivity index (χ2v) is 3.36. The smallest absolute Gasteiger partial charge is 0.409 e. The van der Waals surface area contributed by atoms with Crippen molar-refractivity contribution in [3.05, 3.63) is 0 Å². The predicted octanol–water partition coefficient (Wildman–Crippen LogP) is 1.87. The van der Waals surface area contributed by atoms with Crippen molar-refractivity contribution < 1.29 is 9.53 Å². The molecular formula is C9H17NO2. The highest BCUT2D eigenvalue weighted by Gasteiger charge is 2.26. The molecule has 0 unspecified atom stereocenters. The molecule has 0 aromatic carbocycles. The Labute approximate surface area is 73.7 Å². The first-order valence-electron chi connectivity index (χ1n) is 4.60. The van der Waals surface area contributed by atoms with Crippen molar-refractivity contribution in [1.82, 2.24) is 4.90 Å². The number of rotatable bonds is 4. The van der Waals surface area contributed by atoms with Crippen molar-refractivity contribution in [2.45, 2.75) is 26.2 Å². The molecule has 0 aliphatic heterocycles. The van der Waals surface area contributed by atoms with Crippen LogP contribution in [0.15, 0.2) is 0 Å². The zero-order valence-corrected chi connectivity index (χ0v) is 7.88. The van der Waals surface area contributed by atoms with E-state index in [4.69, 9.17) is 0 Å². The highest BCUT2D eigenvalue weighted by molar-refractivity contribution is 5.67. The Morgan fingerprint density at radius 3 is 2.67 bits per heavy atom. The van der Waals surface area contributed by atoms with Gasteiger partial charge in [-0.3, -0.25) is 0 Å². The third kappa shape index (κ3) is 2.72. The maximum absolute atomic E-state index is 11.2. The number of nitrogens with zero attached hydrogens (tertiary/aromatic N) is 1. The molecule has 3 nitrogen and oxygen atoms in total. The van der Waals surface area contributed by atoms with Crippen LogP contribution in [-0.2, 0) is 4.74 Å². The first-order valence-corrected chi connectivity index (χ1v) is 4.60. The molecule has 1 amide bonds. The summed E-state index contributed by atoms with van der Waals surface area (Å²) in [4.78, 5) is 13.0. The number of ether oxygens (including phenoxy) is 1. The Kier molecular flexibility index (Phi) is 3.38. The van der Waals surface area contributed by atoms with Crippen LogP contribution in [0.1, 0.15) is 26.2 Å². The summed E-state index contributed by atoms with van der Waals surface area (Å²) in [5.41, 5.74) is 0. The van der Waals surface area contributed by atoms with Gasteiger partial charge in [0.1, 0.15) is 0 Å². The van der Waals surface area contributed by atoms with Crippen molar-refractivity contribution in [3.63, 3.8) is 0 Å². The lowest BCUT2D eigenvalue weighted by Gasteiger charge is -2.19. The molecule has 0 radical (unpaired) electrons. The molecule has 3 heteroatoms. The summed E-state index contributed by atoms with van der Waals surface area (Å²) < 4.78 is 4.68. The number of hydrogen-bond donors (Lipinski definition) is 0. The zero-order chi connectivity index (χ0) is 8.97. The van der Waals surface area contributed by atoms with Crippen LogP contribution in [-0.4, -0.2) is 31.2 Å². The average molecular weight is 171 g/mol. The Balaban J connectivity index is 2.30. The van der Waals surface area contributed by atoms with Gasteiger partial charge in [0.05, 0.1) is 7.11 Å². The van der Waals surface area contributed by atoms with Crippen LogP contribution in [0.2, 0.25) is 0 Å². The Morgan fingerprint density at radius 1 is 1.58 bits per heavy atom. The van der Waals surface area contributed by atoms with E-state index >= 15 is 0 Å². The molecule has 1 aliphatic carbocycles. The Bertz CT molecular complexity index is 155. The van der Waals surface area contributed by atoms with Crippen molar-refractivity contribution >= 4 is 6.09 Å². The van der Waals surface area contributed by atoms with E-state index in [9.17, 15) is 4.79 Å². The van der Waals surface area contributed by atoms with Crippen molar-refractivity contribution in [2.24, 2.45) is 5.92 Å². The van der Waals surface area contributed by atoms with Gasteiger partial charge in [0.15, 0.2) is 0 Å². The van der Waals surface area contributed by atoms with Crippen LogP contribution in [0.3, 0.4) is 0 Å². The van der Waals surface area contributed by atoms with Gasteiger partial charge in [-0.25, -0.2) is 4.79 Å². The van der Waals surface area contributed by atoms with Crippen LogP contribution in [0, 0.1) is 5.92 Å². The van der Waals surface area contributed by atoms with Gasteiger partial charge in [-0.2, -0.15) is 0 Å². The van der Waals surface area contributed by atoms with Crippen LogP contribution in [0.4, 0.5) is 4.79 Å². The molecule has 0 N–H and O–H groups in total. The molecule has 1 rings (SSSR count). The van der Waals surface area contributed by atoms with E-state index in [1.807, 2.05) is 0 Å². The van der Waals surface area contributed by atoms with Gasteiger partial charge in [-0.05, 0) is 25.2 Å². The van der Waals surface area contributed by atoms with Gasteiger partial charge in [0.25, 0.3) is 0 Å². The number of amides is 1. The van der Waals surface area contributed by atoms with Gasteiger partial charge in [-0.15, -0.1) is 0 Å². The third-order valence-corrected chi connectivity index (χ3v) is 2.10. The highest BCUT2D eigenvalue weighted by Crippen LogP contribution is 2.29. The van der Waals surface area contributed by atoms with Gasteiger partial charge in [0.2, 0.25) is 0 Å². The van der Waals surface area contributed by atoms with Gasteiger partial charge in [-0.1, -0.05) is 6.92 Å². The SMILES string of the molecule is CCCN(CC1CC1)C(=O)OC. The zero-order valence-electron chi connectivity index (χ0n) is 7.88. The third-order valence-electron chi connectivity index (χ3n) is 2.10. The standard InChI is InChI=1S/C9H17NO2/c1-3-6-10(9(11)12-2)7-8-4-5-8/h8H,3-7H2,1-2H3. The summed E-state index contributed by atoms with van der Waals surface area (Å²) in [5.74, 6) is 0.746. The van der Waals surface area contributed by atoms with Crippen LogP contribution < -0.4 is 0 Å². The second-order valence-electron chi connectivity index (χ2n) is 3.36. The summed E-state index contributed by atoms with van der Waals surface area (Å²) in [7, 11) is 1.44. The first-order chi connectivity index (χ1) is 5.77. The largest absolute Gasteiger partial charge is 0.453 e. The highest BCUT2D eigenvalue weighted by atomic mass is 16.5. The molecule has 0 heterocycles. The van der Waals surface area contributed by atoms with Crippen molar-refractivity contribution in [2.75, 3.05) is 20.2 Å². The fraction of sp³-hybridized carbons (Fsp3) is 0.889. The fourth-order valence-corrected chi connectivity index (χ4v) is 1.27. The molecule has 1 aliphatic rings. The number of carbonyl (C=O) groups is 1. The van der Waals surface area contributed by atoms with E-state index < -0.39 is 0 Å². The fourth-order valence-electron chi connectivity index (χ4n) is 1.27. The van der Waals surface area contributed by atoms with Crippen molar-refractivity contribution in [3.8, 4) is 0 Å². The molecule has 0 saturated heterocycles. The molecule has 0 bridgehead atoms. The molecule has 0 aromatic rings. The van der Waals surface area contributed by atoms with Crippen LogP contribution in [0.5, 0.6) is 0 Å². The van der Waals surface area contributed by atoms with Crippen LogP contribution in [0.25, 0.3) is 0 Å². The van der Waals surface area contributed by atoms with Gasteiger partial charge >= 0.3 is 6.09 Å². The van der Waals surface area contributed by atoms with E-state index in [2.05, 4.69) is 11.7 Å². The van der Waals surface area contributed by atoms with Crippen molar-refractivity contribution in [1.29, 1.82) is 0 Å². The quantitative estimate of drug-likeness (QED) is 0.646. The Morgan fingerprint density at radius 2 is 2.25 bits per heavy atom. The monoisotopic (exact) mass is 171 g/mol. The van der Waals surface area contributed by atoms with Gasteiger partial charge < -0.3 is 9.64 Å². The molecule has 0 spiro atoms. The maximum Gasteiger partial charge on any atom is 0.409 e. The molecule has 12 heavy (non-hydrogen) atoms. The lowest BCUT2D eigenvalue weighted by molar-refractivity contribution is 0.121. The average Bonchev–Trinajstić information content (AvgIpc) is 2.86. The molecule has 1 saturated carbocycles. The minimum absolute atomic E-state index is 0.177. The number of hydrogen-bond acceptors (Lipinski definition) is 2. The van der Waals surface area contributed by atoms with Gasteiger partial charge in [0, 0.05) is 13.1 Å². The molecule has 70 valence electrons. The lowest BCUT2D eigenvalue weighted by atomic mass is 10.3. The van der Waals surface area contributed by atoms with E-state index in [0.29, 0.717) is 0 Å². The topological polar surface area (TPSA) is 29.5 Å². The summed E-state index contributed by atoms with van der Waals surface area (Å²) in [6.45, 7) is 3.78. The van der Waals surface area contributed by atoms with E-state index in [-0.39, 0.29) is 6.09 Å². The summed E-state index contributed by atoms with van der Waals surface area (Å²) >= 11 is 0. The molecule has 0 atom stereocenters. The molecule has 1 fully saturated rings. The number of methoxy groups -OCH3 is 1. The summed E-state index contributed by atoms with van der Waals surface area (Å²) in [6, 6.07) is 0. The minimum atomic E-state index is -0.177. The summed E-state index contributed by atoms with van der Waals surface area (Å²) in [5, 5.41) is 0. The molecule has 0 aromatic heterocycles. The van der Waals surface area contributed by atoms with Crippen LogP contribution >= 0.6 is 0 Å². The minimum Gasteiger partial charge on any atom is -0.453 e. The first kappa shape index (κ1) is 9.36. The van der Waals surface area contributed by atoms with E-state index in [1.54, 1.807) is 4.90 Å². The predicted molar refractivity (Wildman–Crippen MR) is 47.0 cm³/mol. The second kappa shape index (κ2) is 4.33. The maximum atomic E-state index is 11.2. The normalized spacial score (nSPS) is 15.8. The number of carbonyl (C=O) groups excluding carboxylic acids is 1. The molecular weight excluding hydrogens is 154 g/mol. The Hall–Kier alpha value is -0.730. The lowest BCUT2D eigenvalue weighted by Crippen LogP contribution is -2.33. The summed E-state index contributed by atoms with van der Waals surface area (Å²) in [6.07, 6.45) is 3.37. The van der Waals surface area contributed by atoms with E-state index in [0.717, 1.165) is 25.4 Å². The van der Waals surface area contributed by atoms with E-state index in [1.165, 1.54) is 20.0 Å².